The molecule has 0 aliphatic carbocycles. The van der Waals surface area contributed by atoms with Crippen molar-refractivity contribution in [1.29, 1.82) is 5.26 Å². The third-order valence-electron chi connectivity index (χ3n) is 3.68. The largest absolute Gasteiger partial charge is 0.369 e. The highest BCUT2D eigenvalue weighted by Gasteiger charge is 2.26. The maximum Gasteiger partial charge on any atom is 0.305 e. The second kappa shape index (κ2) is 5.84. The molecule has 106 valence electrons. The molecule has 1 aliphatic rings. The Morgan fingerprint density at radius 3 is 2.85 bits per heavy atom. The van der Waals surface area contributed by atoms with Crippen LogP contribution in [0.15, 0.2) is 12.1 Å². The van der Waals surface area contributed by atoms with E-state index in [0.717, 1.165) is 32.5 Å². The molecule has 1 aliphatic heterocycles. The van der Waals surface area contributed by atoms with Gasteiger partial charge in [0, 0.05) is 12.6 Å². The van der Waals surface area contributed by atoms with Gasteiger partial charge in [0.1, 0.15) is 11.9 Å². The van der Waals surface area contributed by atoms with Crippen molar-refractivity contribution < 1.29 is 4.92 Å². The van der Waals surface area contributed by atoms with Gasteiger partial charge < -0.3 is 10.6 Å². The van der Waals surface area contributed by atoms with Crippen LogP contribution in [-0.4, -0.2) is 29.5 Å². The van der Waals surface area contributed by atoms with Crippen molar-refractivity contribution in [2.45, 2.75) is 19.8 Å². The molecule has 2 rings (SSSR count). The summed E-state index contributed by atoms with van der Waals surface area (Å²) in [7, 11) is 0. The van der Waals surface area contributed by atoms with E-state index in [9.17, 15) is 10.1 Å². The molecule has 0 radical (unpaired) electrons. The summed E-state index contributed by atoms with van der Waals surface area (Å²) in [6.45, 7) is 4.94. The van der Waals surface area contributed by atoms with Crippen LogP contribution in [-0.2, 0) is 0 Å². The number of piperidine rings is 1. The first-order chi connectivity index (χ1) is 9.54. The lowest BCUT2D eigenvalue weighted by atomic mass is 9.81. The average Bonchev–Trinajstić information content (AvgIpc) is 2.45. The number of nitriles is 1. The van der Waals surface area contributed by atoms with Crippen molar-refractivity contribution >= 4 is 11.5 Å². The Morgan fingerprint density at radius 1 is 1.55 bits per heavy atom. The summed E-state index contributed by atoms with van der Waals surface area (Å²) in [5.74, 6) is 0.506. The van der Waals surface area contributed by atoms with E-state index in [0.29, 0.717) is 5.82 Å². The van der Waals surface area contributed by atoms with E-state index in [4.69, 9.17) is 5.26 Å². The van der Waals surface area contributed by atoms with Gasteiger partial charge in [-0.15, -0.1) is 0 Å². The van der Waals surface area contributed by atoms with Gasteiger partial charge in [-0.2, -0.15) is 5.26 Å². The Labute approximate surface area is 117 Å². The lowest BCUT2D eigenvalue weighted by Gasteiger charge is -2.34. The molecule has 1 fully saturated rings. The number of rotatable bonds is 4. The van der Waals surface area contributed by atoms with E-state index in [1.54, 1.807) is 12.1 Å². The van der Waals surface area contributed by atoms with Gasteiger partial charge in [0.2, 0.25) is 5.69 Å². The normalized spacial score (nSPS) is 17.2. The van der Waals surface area contributed by atoms with Crippen molar-refractivity contribution in [2.24, 2.45) is 5.41 Å². The molecule has 7 heteroatoms. The number of nitrogens with zero attached hydrogens (tertiary/aromatic N) is 3. The minimum atomic E-state index is -0.594. The van der Waals surface area contributed by atoms with Gasteiger partial charge in [-0.25, -0.2) is 4.98 Å². The predicted octanol–water partition coefficient (Wildman–Crippen LogP) is 1.66. The predicted molar refractivity (Wildman–Crippen MR) is 74.3 cm³/mol. The van der Waals surface area contributed by atoms with E-state index in [1.165, 1.54) is 6.07 Å². The second-order valence-electron chi connectivity index (χ2n) is 5.35. The minimum absolute atomic E-state index is 0.157. The van der Waals surface area contributed by atoms with Gasteiger partial charge in [0.15, 0.2) is 0 Å². The zero-order chi connectivity index (χ0) is 14.6. The Bertz CT molecular complexity index is 546. The molecule has 0 saturated carbocycles. The summed E-state index contributed by atoms with van der Waals surface area (Å²) in [5.41, 5.74) is -0.233. The Balaban J connectivity index is 2.07. The Kier molecular flexibility index (Phi) is 4.15. The maximum absolute atomic E-state index is 10.7. The summed E-state index contributed by atoms with van der Waals surface area (Å²) in [5, 5.41) is 26.1. The van der Waals surface area contributed by atoms with Crippen LogP contribution in [0.5, 0.6) is 0 Å². The molecule has 1 saturated heterocycles. The van der Waals surface area contributed by atoms with Crippen LogP contribution in [0.4, 0.5) is 11.5 Å². The molecule has 0 spiro atoms. The third kappa shape index (κ3) is 3.22. The fourth-order valence-corrected chi connectivity index (χ4v) is 2.29. The van der Waals surface area contributed by atoms with Gasteiger partial charge in [-0.05, 0) is 37.4 Å². The highest BCUT2D eigenvalue weighted by atomic mass is 16.6. The first-order valence-corrected chi connectivity index (χ1v) is 6.54. The van der Waals surface area contributed by atoms with Crippen molar-refractivity contribution in [3.8, 4) is 6.07 Å². The van der Waals surface area contributed by atoms with E-state index < -0.39 is 4.92 Å². The van der Waals surface area contributed by atoms with Crippen LogP contribution in [0.25, 0.3) is 0 Å². The van der Waals surface area contributed by atoms with Crippen molar-refractivity contribution in [3.05, 3.63) is 27.9 Å². The lowest BCUT2D eigenvalue weighted by molar-refractivity contribution is -0.385. The molecule has 0 aromatic carbocycles. The zero-order valence-electron chi connectivity index (χ0n) is 11.3. The number of nitro groups is 1. The second-order valence-corrected chi connectivity index (χ2v) is 5.35. The fraction of sp³-hybridized carbons (Fsp3) is 0.538. The molecule has 2 heterocycles. The van der Waals surface area contributed by atoms with Crippen molar-refractivity contribution in [2.75, 3.05) is 25.0 Å². The smallest absolute Gasteiger partial charge is 0.305 e. The monoisotopic (exact) mass is 275 g/mol. The topological polar surface area (TPSA) is 104 Å². The molecule has 7 nitrogen and oxygen atoms in total. The van der Waals surface area contributed by atoms with Gasteiger partial charge >= 0.3 is 5.69 Å². The molecule has 20 heavy (non-hydrogen) atoms. The molecule has 1 aromatic heterocycles. The van der Waals surface area contributed by atoms with E-state index in [2.05, 4.69) is 22.5 Å². The molecule has 0 bridgehead atoms. The Hall–Kier alpha value is -2.20. The van der Waals surface area contributed by atoms with Crippen molar-refractivity contribution in [1.82, 2.24) is 10.3 Å². The molecule has 0 amide bonds. The molecule has 2 N–H and O–H groups in total. The zero-order valence-corrected chi connectivity index (χ0v) is 11.3. The lowest BCUT2D eigenvalue weighted by Crippen LogP contribution is -2.39. The molecular weight excluding hydrogens is 258 g/mol. The Morgan fingerprint density at radius 2 is 2.25 bits per heavy atom. The number of pyridine rings is 1. The van der Waals surface area contributed by atoms with Crippen LogP contribution >= 0.6 is 0 Å². The van der Waals surface area contributed by atoms with Gasteiger partial charge in [0.05, 0.1) is 4.92 Å². The summed E-state index contributed by atoms with van der Waals surface area (Å²) in [6.07, 6.45) is 2.14. The SMILES string of the molecule is CC1(CNc2ccc([N+](=O)[O-])c(C#N)n2)CCNCC1. The minimum Gasteiger partial charge on any atom is -0.369 e. The average molecular weight is 275 g/mol. The van der Waals surface area contributed by atoms with Crippen molar-refractivity contribution in [3.63, 3.8) is 0 Å². The van der Waals surface area contributed by atoms with E-state index in [-0.39, 0.29) is 16.8 Å². The first-order valence-electron chi connectivity index (χ1n) is 6.54. The van der Waals surface area contributed by atoms with E-state index in [1.807, 2.05) is 0 Å². The number of hydrogen-bond donors (Lipinski definition) is 2. The molecular formula is C13H17N5O2. The molecule has 0 atom stereocenters. The highest BCUT2D eigenvalue weighted by Crippen LogP contribution is 2.28. The number of nitrogens with one attached hydrogen (secondary N) is 2. The van der Waals surface area contributed by atoms with Crippen LogP contribution in [0, 0.1) is 26.9 Å². The summed E-state index contributed by atoms with van der Waals surface area (Å²) in [4.78, 5) is 14.1. The van der Waals surface area contributed by atoms with Gasteiger partial charge in [-0.1, -0.05) is 6.92 Å². The van der Waals surface area contributed by atoms with Crippen LogP contribution in [0.1, 0.15) is 25.5 Å². The first kappa shape index (κ1) is 14.2. The molecule has 0 unspecified atom stereocenters. The standard InChI is InChI=1S/C13H17N5O2/c1-13(4-6-15-7-5-13)9-16-12-3-2-11(18(19)20)10(8-14)17-12/h2-3,15H,4-7,9H2,1H3,(H,16,17). The number of aromatic nitrogens is 1. The summed E-state index contributed by atoms with van der Waals surface area (Å²) >= 11 is 0. The molecule has 1 aromatic rings. The highest BCUT2D eigenvalue weighted by molar-refractivity contribution is 5.50. The van der Waals surface area contributed by atoms with Gasteiger partial charge in [-0.3, -0.25) is 10.1 Å². The van der Waals surface area contributed by atoms with Crippen LogP contribution in [0.3, 0.4) is 0 Å². The number of anilines is 1. The van der Waals surface area contributed by atoms with Crippen LogP contribution < -0.4 is 10.6 Å². The summed E-state index contributed by atoms with van der Waals surface area (Å²) in [6, 6.07) is 4.63. The van der Waals surface area contributed by atoms with Crippen LogP contribution in [0.2, 0.25) is 0 Å². The van der Waals surface area contributed by atoms with E-state index >= 15 is 0 Å². The van der Waals surface area contributed by atoms with Gasteiger partial charge in [0.25, 0.3) is 0 Å². The third-order valence-corrected chi connectivity index (χ3v) is 3.68. The quantitative estimate of drug-likeness (QED) is 0.639. The number of hydrogen-bond acceptors (Lipinski definition) is 6. The fourth-order valence-electron chi connectivity index (χ4n) is 2.29. The maximum atomic E-state index is 10.7. The summed E-state index contributed by atoms with van der Waals surface area (Å²) < 4.78 is 0.